The number of likely N-dealkylation sites (tertiary alicyclic amines) is 1. The molecule has 1 fully saturated rings. The summed E-state index contributed by atoms with van der Waals surface area (Å²) in [4.78, 5) is 7.40. The van der Waals surface area contributed by atoms with Crippen molar-refractivity contribution in [2.75, 3.05) is 34.4 Å². The molecule has 3 aromatic rings. The first-order valence-corrected chi connectivity index (χ1v) is 10.6. The molecule has 1 aliphatic heterocycles. The lowest BCUT2D eigenvalue weighted by Gasteiger charge is -2.31. The summed E-state index contributed by atoms with van der Waals surface area (Å²) >= 11 is 1.48. The zero-order chi connectivity index (χ0) is 20.5. The summed E-state index contributed by atoms with van der Waals surface area (Å²) in [6.07, 6.45) is 3.57. The van der Waals surface area contributed by atoms with Gasteiger partial charge in [0.05, 0.1) is 34.4 Å². The van der Waals surface area contributed by atoms with Crippen molar-refractivity contribution in [3.05, 3.63) is 28.4 Å². The molecule has 0 spiro atoms. The number of quaternary nitrogens is 1. The molecule has 1 aromatic carbocycles. The number of hydrogen-bond donors (Lipinski definition) is 2. The van der Waals surface area contributed by atoms with Gasteiger partial charge in [-0.05, 0) is 38.3 Å². The summed E-state index contributed by atoms with van der Waals surface area (Å²) in [5, 5.41) is 15.3. The second-order valence-electron chi connectivity index (χ2n) is 7.25. The minimum atomic E-state index is -0.0715. The first kappa shape index (κ1) is 19.8. The van der Waals surface area contributed by atoms with Gasteiger partial charge in [-0.1, -0.05) is 11.3 Å². The van der Waals surface area contributed by atoms with Crippen molar-refractivity contribution in [1.29, 1.82) is 0 Å². The Bertz CT molecular complexity index is 984. The standard InChI is InChI=1S/C20H26N4O4S/c1-12-21-20-24(22-12)19(25)18(29-20)16(23-8-6-5-7-9-23)13-10-14(26-2)17(28-4)15(11-13)27-3/h10-11,16,25H,5-9H2,1-4H3/p+1/t16-/m1/s1. The van der Waals surface area contributed by atoms with Crippen LogP contribution in [0.25, 0.3) is 4.96 Å². The van der Waals surface area contributed by atoms with Crippen LogP contribution in [0.1, 0.15) is 41.6 Å². The molecule has 2 N–H and O–H groups in total. The molecule has 0 bridgehead atoms. The van der Waals surface area contributed by atoms with Crippen molar-refractivity contribution >= 4 is 16.3 Å². The number of benzene rings is 1. The van der Waals surface area contributed by atoms with Crippen molar-refractivity contribution in [3.63, 3.8) is 0 Å². The molecule has 0 amide bonds. The number of thiazole rings is 1. The SMILES string of the molecule is COc1cc([C@H](c2sc3nc(C)nn3c2O)[NH+]2CCCCC2)cc(OC)c1OC. The van der Waals surface area contributed by atoms with E-state index in [-0.39, 0.29) is 11.9 Å². The average Bonchev–Trinajstić information content (AvgIpc) is 3.25. The Morgan fingerprint density at radius 1 is 1.07 bits per heavy atom. The largest absolute Gasteiger partial charge is 0.493 e. The summed E-state index contributed by atoms with van der Waals surface area (Å²) in [5.74, 6) is 2.58. The Hall–Kier alpha value is -2.52. The van der Waals surface area contributed by atoms with Crippen LogP contribution in [0.3, 0.4) is 0 Å². The van der Waals surface area contributed by atoms with Crippen LogP contribution >= 0.6 is 11.3 Å². The molecular formula is C20H27N4O4S+. The number of fused-ring (bicyclic) bond motifs is 1. The van der Waals surface area contributed by atoms with Crippen LogP contribution in [0.15, 0.2) is 12.1 Å². The molecule has 0 unspecified atom stereocenters. The Kier molecular flexibility index (Phi) is 5.51. The van der Waals surface area contributed by atoms with Gasteiger partial charge in [0, 0.05) is 5.56 Å². The molecular weight excluding hydrogens is 392 g/mol. The van der Waals surface area contributed by atoms with Gasteiger partial charge >= 0.3 is 0 Å². The number of aromatic nitrogens is 3. The molecule has 0 aliphatic carbocycles. The van der Waals surface area contributed by atoms with Crippen LogP contribution in [-0.2, 0) is 0 Å². The third-order valence-corrected chi connectivity index (χ3v) is 6.58. The molecule has 0 saturated carbocycles. The summed E-state index contributed by atoms with van der Waals surface area (Å²) in [5.41, 5.74) is 1.01. The number of methoxy groups -OCH3 is 3. The predicted octanol–water partition coefficient (Wildman–Crippen LogP) is 1.99. The minimum Gasteiger partial charge on any atom is -0.493 e. The Morgan fingerprint density at radius 2 is 1.72 bits per heavy atom. The molecule has 9 heteroatoms. The zero-order valence-electron chi connectivity index (χ0n) is 17.2. The van der Waals surface area contributed by atoms with E-state index in [0.717, 1.165) is 36.4 Å². The van der Waals surface area contributed by atoms with E-state index in [1.54, 1.807) is 21.3 Å². The highest BCUT2D eigenvalue weighted by molar-refractivity contribution is 7.17. The Labute approximate surface area is 173 Å². The van der Waals surface area contributed by atoms with Gasteiger partial charge in [-0.15, -0.1) is 5.10 Å². The van der Waals surface area contributed by atoms with E-state index in [1.807, 2.05) is 19.1 Å². The van der Waals surface area contributed by atoms with Gasteiger partial charge in [-0.25, -0.2) is 4.98 Å². The maximum atomic E-state index is 11.0. The smallest absolute Gasteiger partial charge is 0.235 e. The van der Waals surface area contributed by atoms with E-state index >= 15 is 0 Å². The van der Waals surface area contributed by atoms with Gasteiger partial charge in [0.15, 0.2) is 17.5 Å². The van der Waals surface area contributed by atoms with Crippen LogP contribution in [-0.4, -0.2) is 54.1 Å². The first-order chi connectivity index (χ1) is 14.1. The fourth-order valence-electron chi connectivity index (χ4n) is 4.17. The summed E-state index contributed by atoms with van der Waals surface area (Å²) in [7, 11) is 4.84. The first-order valence-electron chi connectivity index (χ1n) is 9.76. The number of piperidine rings is 1. The third-order valence-electron chi connectivity index (χ3n) is 5.49. The molecule has 4 rings (SSSR count). The fourth-order valence-corrected chi connectivity index (χ4v) is 5.36. The van der Waals surface area contributed by atoms with Crippen LogP contribution in [0.4, 0.5) is 0 Å². The number of nitrogens with zero attached hydrogens (tertiary/aromatic N) is 3. The van der Waals surface area contributed by atoms with Crippen LogP contribution in [0.2, 0.25) is 0 Å². The van der Waals surface area contributed by atoms with Gasteiger partial charge in [-0.3, -0.25) is 0 Å². The lowest BCUT2D eigenvalue weighted by atomic mass is 9.99. The normalized spacial score (nSPS) is 16.1. The number of aromatic hydroxyl groups is 1. The van der Waals surface area contributed by atoms with Crippen LogP contribution in [0.5, 0.6) is 23.1 Å². The highest BCUT2D eigenvalue weighted by Crippen LogP contribution is 2.42. The maximum absolute atomic E-state index is 11.0. The highest BCUT2D eigenvalue weighted by Gasteiger charge is 2.35. The lowest BCUT2D eigenvalue weighted by Crippen LogP contribution is -3.13. The van der Waals surface area contributed by atoms with Gasteiger partial charge in [-0.2, -0.15) is 4.52 Å². The number of hydrogen-bond acceptors (Lipinski definition) is 7. The van der Waals surface area contributed by atoms with E-state index in [0.29, 0.717) is 28.0 Å². The van der Waals surface area contributed by atoms with Crippen molar-refractivity contribution in [2.45, 2.75) is 32.2 Å². The lowest BCUT2D eigenvalue weighted by molar-refractivity contribution is -0.929. The average molecular weight is 420 g/mol. The summed E-state index contributed by atoms with van der Waals surface area (Å²) < 4.78 is 18.2. The van der Waals surface area contributed by atoms with E-state index in [4.69, 9.17) is 14.2 Å². The summed E-state index contributed by atoms with van der Waals surface area (Å²) in [6, 6.07) is 3.89. The minimum absolute atomic E-state index is 0.0715. The quantitative estimate of drug-likeness (QED) is 0.636. The molecule has 1 aliphatic rings. The number of aryl methyl sites for hydroxylation is 1. The molecule has 0 radical (unpaired) electrons. The fraction of sp³-hybridized carbons (Fsp3) is 0.500. The Morgan fingerprint density at radius 3 is 2.28 bits per heavy atom. The Balaban J connectivity index is 1.88. The van der Waals surface area contributed by atoms with Crippen LogP contribution in [0, 0.1) is 6.92 Å². The van der Waals surface area contributed by atoms with E-state index in [2.05, 4.69) is 10.1 Å². The van der Waals surface area contributed by atoms with Gasteiger partial charge < -0.3 is 24.2 Å². The molecule has 2 aromatic heterocycles. The number of rotatable bonds is 6. The van der Waals surface area contributed by atoms with Gasteiger partial charge in [0.25, 0.3) is 0 Å². The van der Waals surface area contributed by atoms with E-state index in [1.165, 1.54) is 27.2 Å². The molecule has 1 saturated heterocycles. The second-order valence-corrected chi connectivity index (χ2v) is 8.26. The van der Waals surface area contributed by atoms with Crippen LogP contribution < -0.4 is 19.1 Å². The second kappa shape index (κ2) is 8.08. The predicted molar refractivity (Wildman–Crippen MR) is 110 cm³/mol. The maximum Gasteiger partial charge on any atom is 0.235 e. The van der Waals surface area contributed by atoms with E-state index in [9.17, 15) is 5.11 Å². The summed E-state index contributed by atoms with van der Waals surface area (Å²) in [6.45, 7) is 3.90. The van der Waals surface area contributed by atoms with E-state index < -0.39 is 0 Å². The van der Waals surface area contributed by atoms with Crippen molar-refractivity contribution < 1.29 is 24.2 Å². The van der Waals surface area contributed by atoms with Gasteiger partial charge in [0.2, 0.25) is 16.6 Å². The topological polar surface area (TPSA) is 82.6 Å². The number of nitrogens with one attached hydrogen (secondary N) is 1. The zero-order valence-corrected chi connectivity index (χ0v) is 18.0. The van der Waals surface area contributed by atoms with Crippen molar-refractivity contribution in [3.8, 4) is 23.1 Å². The molecule has 1 atom stereocenters. The molecule has 29 heavy (non-hydrogen) atoms. The third kappa shape index (κ3) is 3.49. The highest BCUT2D eigenvalue weighted by atomic mass is 32.1. The van der Waals surface area contributed by atoms with Gasteiger partial charge in [0.1, 0.15) is 10.7 Å². The number of ether oxygens (including phenoxy) is 3. The van der Waals surface area contributed by atoms with Crippen molar-refractivity contribution in [2.24, 2.45) is 0 Å². The molecule has 3 heterocycles. The molecule has 156 valence electrons. The monoisotopic (exact) mass is 419 g/mol. The molecule has 8 nitrogen and oxygen atoms in total. The van der Waals surface area contributed by atoms with Crippen molar-refractivity contribution in [1.82, 2.24) is 14.6 Å².